The number of sulfonamides is 1. The average molecular weight is 163 g/mol. The van der Waals surface area contributed by atoms with E-state index in [2.05, 4.69) is 4.72 Å². The van der Waals surface area contributed by atoms with E-state index in [0.717, 1.165) is 6.42 Å². The van der Waals surface area contributed by atoms with Gasteiger partial charge in [-0.3, -0.25) is 0 Å². The Labute approximate surface area is 61.9 Å². The highest BCUT2D eigenvalue weighted by Gasteiger charge is 2.41. The standard InChI is InChI=1S/C6H13NO2S/c1-3-6(2)4-5-7-10(6,8)9/h7H,3-5H2,1-2H3. The van der Waals surface area contributed by atoms with Gasteiger partial charge in [-0.25, -0.2) is 13.1 Å². The lowest BCUT2D eigenvalue weighted by Crippen LogP contribution is -2.33. The van der Waals surface area contributed by atoms with Crippen LogP contribution < -0.4 is 4.72 Å². The van der Waals surface area contributed by atoms with E-state index in [-0.39, 0.29) is 0 Å². The predicted octanol–water partition coefficient (Wildman–Crippen LogP) is 0.478. The zero-order valence-corrected chi connectivity index (χ0v) is 7.16. The van der Waals surface area contributed by atoms with E-state index >= 15 is 0 Å². The molecule has 1 atom stereocenters. The minimum Gasteiger partial charge on any atom is -0.215 e. The molecule has 1 heterocycles. The van der Waals surface area contributed by atoms with E-state index in [4.69, 9.17) is 0 Å². The van der Waals surface area contributed by atoms with Crippen LogP contribution in [0.4, 0.5) is 0 Å². The molecule has 0 spiro atoms. The van der Waals surface area contributed by atoms with E-state index in [1.807, 2.05) is 6.92 Å². The van der Waals surface area contributed by atoms with E-state index < -0.39 is 14.8 Å². The summed E-state index contributed by atoms with van der Waals surface area (Å²) >= 11 is 0. The third-order valence-corrected chi connectivity index (χ3v) is 4.72. The SMILES string of the molecule is CCC1(C)CCNS1(=O)=O. The Bertz CT molecular complexity index is 222. The van der Waals surface area contributed by atoms with Crippen molar-refractivity contribution in [1.82, 2.24) is 4.72 Å². The van der Waals surface area contributed by atoms with Gasteiger partial charge in [0.05, 0.1) is 4.75 Å². The average Bonchev–Trinajstić information content (AvgIpc) is 2.10. The number of nitrogens with one attached hydrogen (secondary N) is 1. The van der Waals surface area contributed by atoms with Gasteiger partial charge in [-0.2, -0.15) is 0 Å². The Morgan fingerprint density at radius 3 is 2.40 bits per heavy atom. The van der Waals surface area contributed by atoms with Crippen LogP contribution in [0.25, 0.3) is 0 Å². The molecular weight excluding hydrogens is 150 g/mol. The van der Waals surface area contributed by atoms with Crippen LogP contribution in [0.5, 0.6) is 0 Å². The van der Waals surface area contributed by atoms with Gasteiger partial charge in [0, 0.05) is 6.54 Å². The van der Waals surface area contributed by atoms with Crippen LogP contribution in [0.15, 0.2) is 0 Å². The van der Waals surface area contributed by atoms with Crippen molar-refractivity contribution >= 4 is 10.0 Å². The van der Waals surface area contributed by atoms with Gasteiger partial charge in [0.15, 0.2) is 0 Å². The van der Waals surface area contributed by atoms with Gasteiger partial charge in [-0.1, -0.05) is 6.92 Å². The summed E-state index contributed by atoms with van der Waals surface area (Å²) in [6.07, 6.45) is 1.44. The van der Waals surface area contributed by atoms with Crippen LogP contribution in [0.1, 0.15) is 26.7 Å². The molecule has 10 heavy (non-hydrogen) atoms. The van der Waals surface area contributed by atoms with Gasteiger partial charge in [0.25, 0.3) is 0 Å². The molecule has 0 bridgehead atoms. The second kappa shape index (κ2) is 2.20. The van der Waals surface area contributed by atoms with Crippen molar-refractivity contribution in [3.63, 3.8) is 0 Å². The molecule has 0 saturated carbocycles. The highest BCUT2D eigenvalue weighted by molar-refractivity contribution is 7.91. The fourth-order valence-electron chi connectivity index (χ4n) is 1.13. The van der Waals surface area contributed by atoms with Crippen molar-refractivity contribution in [2.75, 3.05) is 6.54 Å². The molecule has 0 amide bonds. The van der Waals surface area contributed by atoms with Gasteiger partial charge < -0.3 is 0 Å². The van der Waals surface area contributed by atoms with Crippen molar-refractivity contribution < 1.29 is 8.42 Å². The maximum Gasteiger partial charge on any atom is 0.217 e. The van der Waals surface area contributed by atoms with Gasteiger partial charge in [0.1, 0.15) is 0 Å². The molecule has 0 radical (unpaired) electrons. The van der Waals surface area contributed by atoms with Crippen LogP contribution >= 0.6 is 0 Å². The highest BCUT2D eigenvalue weighted by atomic mass is 32.2. The number of hydrogen-bond acceptors (Lipinski definition) is 2. The summed E-state index contributed by atoms with van der Waals surface area (Å²) in [5, 5.41) is 0. The van der Waals surface area contributed by atoms with E-state index in [0.29, 0.717) is 13.0 Å². The first-order valence-electron chi connectivity index (χ1n) is 3.51. The normalized spacial score (nSPS) is 38.2. The fourth-order valence-corrected chi connectivity index (χ4v) is 2.60. The molecule has 4 heteroatoms. The summed E-state index contributed by atoms with van der Waals surface area (Å²) in [6, 6.07) is 0. The summed E-state index contributed by atoms with van der Waals surface area (Å²) in [5.41, 5.74) is 0. The molecule has 0 aromatic heterocycles. The van der Waals surface area contributed by atoms with Crippen LogP contribution in [-0.4, -0.2) is 19.7 Å². The molecule has 1 N–H and O–H groups in total. The molecule has 1 aliphatic rings. The lowest BCUT2D eigenvalue weighted by atomic mass is 10.1. The van der Waals surface area contributed by atoms with E-state index in [9.17, 15) is 8.42 Å². The first kappa shape index (κ1) is 8.01. The lowest BCUT2D eigenvalue weighted by molar-refractivity contribution is 0.529. The van der Waals surface area contributed by atoms with Gasteiger partial charge in [0.2, 0.25) is 10.0 Å². The molecule has 1 aliphatic heterocycles. The van der Waals surface area contributed by atoms with Crippen LogP contribution in [0.3, 0.4) is 0 Å². The topological polar surface area (TPSA) is 46.2 Å². The summed E-state index contributed by atoms with van der Waals surface area (Å²) in [5.74, 6) is 0. The quantitative estimate of drug-likeness (QED) is 0.611. The molecule has 1 saturated heterocycles. The van der Waals surface area contributed by atoms with E-state index in [1.54, 1.807) is 6.92 Å². The molecule has 1 unspecified atom stereocenters. The fraction of sp³-hybridized carbons (Fsp3) is 1.00. The maximum atomic E-state index is 11.2. The van der Waals surface area contributed by atoms with Crippen molar-refractivity contribution in [3.8, 4) is 0 Å². The smallest absolute Gasteiger partial charge is 0.215 e. The summed E-state index contributed by atoms with van der Waals surface area (Å²) in [6.45, 7) is 4.31. The molecule has 1 fully saturated rings. The maximum absolute atomic E-state index is 11.2. The summed E-state index contributed by atoms with van der Waals surface area (Å²) in [7, 11) is -2.99. The van der Waals surface area contributed by atoms with Crippen molar-refractivity contribution in [3.05, 3.63) is 0 Å². The first-order valence-corrected chi connectivity index (χ1v) is 4.99. The number of hydrogen-bond donors (Lipinski definition) is 1. The van der Waals surface area contributed by atoms with Gasteiger partial charge in [-0.05, 0) is 19.8 Å². The Kier molecular flexibility index (Phi) is 1.76. The third kappa shape index (κ3) is 0.953. The molecule has 0 aliphatic carbocycles. The van der Waals surface area contributed by atoms with Crippen molar-refractivity contribution in [2.24, 2.45) is 0 Å². The van der Waals surface area contributed by atoms with Crippen molar-refractivity contribution in [1.29, 1.82) is 0 Å². The lowest BCUT2D eigenvalue weighted by Gasteiger charge is -2.18. The van der Waals surface area contributed by atoms with Crippen molar-refractivity contribution in [2.45, 2.75) is 31.4 Å². The zero-order valence-electron chi connectivity index (χ0n) is 6.35. The monoisotopic (exact) mass is 163 g/mol. The van der Waals surface area contributed by atoms with Crippen LogP contribution in [0.2, 0.25) is 0 Å². The molecule has 3 nitrogen and oxygen atoms in total. The Hall–Kier alpha value is -0.0900. The molecule has 60 valence electrons. The minimum atomic E-state index is -2.99. The highest BCUT2D eigenvalue weighted by Crippen LogP contribution is 2.28. The Morgan fingerprint density at radius 1 is 1.60 bits per heavy atom. The number of rotatable bonds is 1. The van der Waals surface area contributed by atoms with E-state index in [1.165, 1.54) is 0 Å². The second-order valence-corrected chi connectivity index (χ2v) is 5.23. The Balaban J connectivity index is 2.98. The predicted molar refractivity (Wildman–Crippen MR) is 40.2 cm³/mol. The molecule has 0 aromatic carbocycles. The van der Waals surface area contributed by atoms with Crippen LogP contribution in [-0.2, 0) is 10.0 Å². The molecule has 0 aromatic rings. The largest absolute Gasteiger partial charge is 0.217 e. The Morgan fingerprint density at radius 2 is 2.20 bits per heavy atom. The molecule has 1 rings (SSSR count). The first-order chi connectivity index (χ1) is 4.52. The summed E-state index contributed by atoms with van der Waals surface area (Å²) < 4.78 is 24.4. The van der Waals surface area contributed by atoms with Gasteiger partial charge >= 0.3 is 0 Å². The third-order valence-electron chi connectivity index (χ3n) is 2.34. The van der Waals surface area contributed by atoms with Gasteiger partial charge in [-0.15, -0.1) is 0 Å². The summed E-state index contributed by atoms with van der Waals surface area (Å²) in [4.78, 5) is 0. The zero-order chi connectivity index (χ0) is 7.83. The molecular formula is C6H13NO2S. The van der Waals surface area contributed by atoms with Crippen LogP contribution in [0, 0.1) is 0 Å². The minimum absolute atomic E-state index is 0.507. The second-order valence-electron chi connectivity index (χ2n) is 2.95.